The van der Waals surface area contributed by atoms with Gasteiger partial charge in [0.25, 0.3) is 0 Å². The molecule has 2 heteroatoms. The van der Waals surface area contributed by atoms with Gasteiger partial charge in [-0.1, -0.05) is 31.5 Å². The van der Waals surface area contributed by atoms with Crippen LogP contribution in [0.25, 0.3) is 0 Å². The van der Waals surface area contributed by atoms with E-state index in [1.807, 2.05) is 0 Å². The van der Waals surface area contributed by atoms with Gasteiger partial charge in [0, 0.05) is 5.41 Å². The molecular weight excluding hydrogens is 256 g/mol. The molecule has 0 spiro atoms. The summed E-state index contributed by atoms with van der Waals surface area (Å²) in [5, 5.41) is 0. The molecule has 114 valence electrons. The number of rotatable bonds is 1. The van der Waals surface area contributed by atoms with E-state index in [4.69, 9.17) is 0 Å². The van der Waals surface area contributed by atoms with Crippen molar-refractivity contribution >= 4 is 12.0 Å². The lowest BCUT2D eigenvalue weighted by molar-refractivity contribution is -0.596. The number of fused-ring (bicyclic) bond motifs is 2. The minimum Gasteiger partial charge on any atom is -0.265 e. The van der Waals surface area contributed by atoms with Gasteiger partial charge in [-0.25, -0.2) is 4.90 Å². The zero-order chi connectivity index (χ0) is 15.6. The van der Waals surface area contributed by atoms with E-state index in [-0.39, 0.29) is 5.54 Å². The molecule has 0 radical (unpaired) electrons. The molecule has 0 N–H and O–H groups in total. The molecule has 1 heterocycles. The topological polar surface area (TPSA) is 6.25 Å². The Bertz CT molecular complexity index is 603. The van der Waals surface area contributed by atoms with Crippen molar-refractivity contribution in [3.63, 3.8) is 0 Å². The van der Waals surface area contributed by atoms with Gasteiger partial charge >= 0.3 is 0 Å². The zero-order valence-electron chi connectivity index (χ0n) is 14.6. The number of hydrogen-bond donors (Lipinski definition) is 0. The Kier molecular flexibility index (Phi) is 3.02. The maximum Gasteiger partial charge on any atom is 0.239 e. The summed E-state index contributed by atoms with van der Waals surface area (Å²) in [4.78, 5) is 2.55. The summed E-state index contributed by atoms with van der Waals surface area (Å²) in [6, 6.07) is 5.22. The maximum atomic E-state index is 2.55. The molecule has 1 fully saturated rings. The summed E-state index contributed by atoms with van der Waals surface area (Å²) in [6.07, 6.45) is 4.91. The molecule has 1 saturated carbocycles. The van der Waals surface area contributed by atoms with Gasteiger partial charge in [0.2, 0.25) is 6.34 Å². The molecule has 21 heavy (non-hydrogen) atoms. The average Bonchev–Trinajstić information content (AvgIpc) is 2.49. The van der Waals surface area contributed by atoms with Crippen LogP contribution in [0.1, 0.15) is 50.3 Å². The average molecular weight is 285 g/mol. The lowest BCUT2D eigenvalue weighted by atomic mass is 9.72. The second kappa shape index (κ2) is 4.34. The molecule has 0 aromatic heterocycles. The van der Waals surface area contributed by atoms with Crippen molar-refractivity contribution in [1.82, 2.24) is 0 Å². The third-order valence-electron chi connectivity index (χ3n) is 6.43. The van der Waals surface area contributed by atoms with E-state index < -0.39 is 0 Å². The van der Waals surface area contributed by atoms with Crippen LogP contribution in [0, 0.1) is 26.2 Å². The van der Waals surface area contributed by atoms with Crippen molar-refractivity contribution in [3.05, 3.63) is 28.8 Å². The summed E-state index contributed by atoms with van der Waals surface area (Å²) in [5.41, 5.74) is 6.12. The summed E-state index contributed by atoms with van der Waals surface area (Å²) in [5.74, 6) is 0. The molecule has 2 nitrogen and oxygen atoms in total. The van der Waals surface area contributed by atoms with E-state index in [0.717, 1.165) is 0 Å². The highest BCUT2D eigenvalue weighted by Gasteiger charge is 2.62. The van der Waals surface area contributed by atoms with Crippen molar-refractivity contribution in [2.45, 2.75) is 66.0 Å². The highest BCUT2D eigenvalue weighted by molar-refractivity contribution is 5.82. The van der Waals surface area contributed by atoms with Crippen molar-refractivity contribution in [2.24, 2.45) is 5.41 Å². The van der Waals surface area contributed by atoms with Crippen molar-refractivity contribution in [2.75, 3.05) is 11.9 Å². The second-order valence-electron chi connectivity index (χ2n) is 7.93. The first-order valence-corrected chi connectivity index (χ1v) is 8.12. The summed E-state index contributed by atoms with van der Waals surface area (Å²) in [7, 11) is 2.25. The van der Waals surface area contributed by atoms with Crippen LogP contribution in [0.2, 0.25) is 0 Å². The molecule has 1 aliphatic carbocycles. The van der Waals surface area contributed by atoms with Gasteiger partial charge in [-0.15, -0.1) is 0 Å². The van der Waals surface area contributed by atoms with Crippen LogP contribution >= 0.6 is 0 Å². The molecular formula is C19H29N2+. The Morgan fingerprint density at radius 3 is 2.24 bits per heavy atom. The molecule has 0 amide bonds. The molecule has 1 aromatic carbocycles. The van der Waals surface area contributed by atoms with Crippen LogP contribution in [-0.4, -0.2) is 29.5 Å². The van der Waals surface area contributed by atoms with Gasteiger partial charge in [0.05, 0.1) is 7.05 Å². The molecule has 1 aromatic rings. The smallest absolute Gasteiger partial charge is 0.239 e. The van der Waals surface area contributed by atoms with E-state index in [2.05, 4.69) is 76.5 Å². The van der Waals surface area contributed by atoms with Crippen LogP contribution < -0.4 is 4.90 Å². The Morgan fingerprint density at radius 1 is 1.10 bits per heavy atom. The first kappa shape index (κ1) is 14.6. The monoisotopic (exact) mass is 285 g/mol. The highest BCUT2D eigenvalue weighted by atomic mass is 15.3. The zero-order valence-corrected chi connectivity index (χ0v) is 14.6. The minimum atomic E-state index is 0.278. The van der Waals surface area contributed by atoms with Gasteiger partial charge in [0.15, 0.2) is 0 Å². The predicted octanol–water partition coefficient (Wildman–Crippen LogP) is 4.05. The van der Waals surface area contributed by atoms with Gasteiger partial charge in [-0.05, 0) is 51.7 Å². The SMILES string of the molecule is Cc1cc(C)c(N2C=[N+](C)C3(C)CCC2C3(C)C)c(C)c1. The fourth-order valence-electron chi connectivity index (χ4n) is 4.77. The summed E-state index contributed by atoms with van der Waals surface area (Å²) < 4.78 is 2.45. The lowest BCUT2D eigenvalue weighted by Gasteiger charge is -2.45. The maximum absolute atomic E-state index is 2.55. The molecule has 0 saturated heterocycles. The molecule has 2 bridgehead atoms. The largest absolute Gasteiger partial charge is 0.265 e. The van der Waals surface area contributed by atoms with Gasteiger partial charge < -0.3 is 0 Å². The van der Waals surface area contributed by atoms with Crippen molar-refractivity contribution < 1.29 is 4.58 Å². The predicted molar refractivity (Wildman–Crippen MR) is 90.6 cm³/mol. The quantitative estimate of drug-likeness (QED) is 0.706. The van der Waals surface area contributed by atoms with Crippen molar-refractivity contribution in [1.29, 1.82) is 0 Å². The van der Waals surface area contributed by atoms with E-state index >= 15 is 0 Å². The summed E-state index contributed by atoms with van der Waals surface area (Å²) >= 11 is 0. The van der Waals surface area contributed by atoms with E-state index in [1.165, 1.54) is 35.2 Å². The third kappa shape index (κ3) is 1.81. The molecule has 2 unspecified atom stereocenters. The number of nitrogens with zero attached hydrogens (tertiary/aromatic N) is 2. The second-order valence-corrected chi connectivity index (χ2v) is 7.93. The molecule has 1 aliphatic heterocycles. The fraction of sp³-hybridized carbons (Fsp3) is 0.632. The number of anilines is 1. The normalized spacial score (nSPS) is 30.5. The Hall–Kier alpha value is -1.31. The number of benzene rings is 1. The van der Waals surface area contributed by atoms with Crippen molar-refractivity contribution in [3.8, 4) is 0 Å². The van der Waals surface area contributed by atoms with Crippen LogP contribution in [-0.2, 0) is 0 Å². The van der Waals surface area contributed by atoms with Crippen LogP contribution in [0.15, 0.2) is 12.1 Å². The van der Waals surface area contributed by atoms with E-state index in [1.54, 1.807) is 0 Å². The van der Waals surface area contributed by atoms with E-state index in [9.17, 15) is 0 Å². The van der Waals surface area contributed by atoms with Crippen LogP contribution in [0.3, 0.4) is 0 Å². The fourth-order valence-corrected chi connectivity index (χ4v) is 4.77. The molecule has 3 rings (SSSR count). The number of aryl methyl sites for hydroxylation is 3. The Morgan fingerprint density at radius 2 is 1.67 bits per heavy atom. The first-order valence-electron chi connectivity index (χ1n) is 8.12. The first-order chi connectivity index (χ1) is 9.68. The van der Waals surface area contributed by atoms with Gasteiger partial charge in [-0.3, -0.25) is 4.58 Å². The Balaban J connectivity index is 2.18. The van der Waals surface area contributed by atoms with Gasteiger partial charge in [0.1, 0.15) is 17.3 Å². The third-order valence-corrected chi connectivity index (χ3v) is 6.43. The van der Waals surface area contributed by atoms with Crippen LogP contribution in [0.5, 0.6) is 0 Å². The highest BCUT2D eigenvalue weighted by Crippen LogP contribution is 2.52. The molecule has 2 atom stereocenters. The lowest BCUT2D eigenvalue weighted by Crippen LogP contribution is -2.60. The standard InChI is InChI=1S/C19H29N2/c1-13-10-14(2)17(15(3)11-13)21-12-20(7)19(6)9-8-16(21)18(19,4)5/h10-12,16H,8-9H2,1-7H3/q+1. The minimum absolute atomic E-state index is 0.278. The van der Waals surface area contributed by atoms with E-state index in [0.29, 0.717) is 11.5 Å². The Labute approximate surface area is 129 Å². The summed E-state index contributed by atoms with van der Waals surface area (Å²) in [6.45, 7) is 14.0. The number of hydrogen-bond acceptors (Lipinski definition) is 1. The van der Waals surface area contributed by atoms with Gasteiger partial charge in [-0.2, -0.15) is 0 Å². The van der Waals surface area contributed by atoms with Crippen LogP contribution in [0.4, 0.5) is 5.69 Å². The molecule has 2 aliphatic rings.